The van der Waals surface area contributed by atoms with Crippen LogP contribution < -0.4 is 10.1 Å². The Kier molecular flexibility index (Phi) is 7.25. The largest absolute Gasteiger partial charge is 0.507 e. The molecule has 0 aliphatic carbocycles. The van der Waals surface area contributed by atoms with E-state index in [1.165, 1.54) is 24.3 Å². The number of hydrogen-bond donors (Lipinski definition) is 7. The normalized spacial score (nSPS) is 27.0. The van der Waals surface area contributed by atoms with Crippen molar-refractivity contribution in [3.05, 3.63) is 52.6 Å². The van der Waals surface area contributed by atoms with Crippen LogP contribution >= 0.6 is 0 Å². The molecule has 1 amide bonds. The molecule has 39 heavy (non-hydrogen) atoms. The zero-order valence-corrected chi connectivity index (χ0v) is 20.1. The number of carbonyl (C=O) groups is 2. The predicted octanol–water partition coefficient (Wildman–Crippen LogP) is 0.837. The van der Waals surface area contributed by atoms with E-state index in [0.717, 1.165) is 12.1 Å². The number of rotatable bonds is 4. The average Bonchev–Trinajstić information content (AvgIpc) is 2.85. The van der Waals surface area contributed by atoms with Crippen LogP contribution in [0.4, 0.5) is 13.2 Å². The summed E-state index contributed by atoms with van der Waals surface area (Å²) >= 11 is 0. The standard InChI is InChI=1S/C25H24F3NO10/c1-10(25(26,27)28)29-23(36)21-20(34)22(35)24(37,9-39-21)14-6-13-18(7-16(14)31)38-8-12(19(13)33)4-11-2-3-15(30)17(32)5-11/h2-7,10,20-22,30-32,34-35,37H,8-9H2,1H3,(H,29,36)/b12-4+. The van der Waals surface area contributed by atoms with Gasteiger partial charge in [-0.1, -0.05) is 6.07 Å². The van der Waals surface area contributed by atoms with Gasteiger partial charge >= 0.3 is 6.18 Å². The lowest BCUT2D eigenvalue weighted by Gasteiger charge is -2.43. The Morgan fingerprint density at radius 2 is 1.82 bits per heavy atom. The van der Waals surface area contributed by atoms with Crippen LogP contribution in [-0.4, -0.2) is 86.1 Å². The lowest BCUT2D eigenvalue weighted by molar-refractivity contribution is -0.238. The van der Waals surface area contributed by atoms with Gasteiger partial charge in [0.1, 0.15) is 42.0 Å². The van der Waals surface area contributed by atoms with Crippen molar-refractivity contribution < 1.29 is 62.9 Å². The minimum Gasteiger partial charge on any atom is -0.507 e. The van der Waals surface area contributed by atoms with E-state index >= 15 is 0 Å². The van der Waals surface area contributed by atoms with Crippen LogP contribution in [0.1, 0.15) is 28.4 Å². The maximum atomic E-state index is 13.2. The fourth-order valence-electron chi connectivity index (χ4n) is 4.24. The molecule has 0 aromatic heterocycles. The summed E-state index contributed by atoms with van der Waals surface area (Å²) in [5.74, 6) is -3.52. The Morgan fingerprint density at radius 3 is 2.46 bits per heavy atom. The third-order valence-corrected chi connectivity index (χ3v) is 6.54. The molecule has 1 fully saturated rings. The van der Waals surface area contributed by atoms with Crippen LogP contribution in [0.2, 0.25) is 0 Å². The lowest BCUT2D eigenvalue weighted by atomic mass is 9.80. The van der Waals surface area contributed by atoms with Crippen molar-refractivity contribution in [2.75, 3.05) is 13.2 Å². The van der Waals surface area contributed by atoms with Crippen molar-refractivity contribution in [2.24, 2.45) is 0 Å². The first kappa shape index (κ1) is 28.2. The summed E-state index contributed by atoms with van der Waals surface area (Å²) in [6.07, 6.45) is -9.84. The highest BCUT2D eigenvalue weighted by Gasteiger charge is 2.53. The van der Waals surface area contributed by atoms with Gasteiger partial charge in [0.15, 0.2) is 23.4 Å². The Bertz CT molecular complexity index is 1340. The van der Waals surface area contributed by atoms with E-state index in [-0.39, 0.29) is 29.2 Å². The molecule has 5 atom stereocenters. The summed E-state index contributed by atoms with van der Waals surface area (Å²) in [7, 11) is 0. The number of nitrogens with one attached hydrogen (secondary N) is 1. The molecule has 2 aromatic rings. The van der Waals surface area contributed by atoms with Gasteiger partial charge in [0.05, 0.1) is 12.2 Å². The molecule has 2 aromatic carbocycles. The Hall–Kier alpha value is -3.85. The summed E-state index contributed by atoms with van der Waals surface area (Å²) in [6, 6.07) is 3.54. The van der Waals surface area contributed by atoms with Crippen molar-refractivity contribution in [2.45, 2.75) is 43.1 Å². The molecular weight excluding hydrogens is 531 g/mol. The SMILES string of the molecule is CC(NC(=O)C1OCC(O)(c2cc3c(cc2O)OC/C(=C\c2ccc(O)c(O)c2)C3=O)C(O)C1O)C(F)(F)F. The van der Waals surface area contributed by atoms with E-state index in [1.54, 1.807) is 5.32 Å². The number of benzene rings is 2. The monoisotopic (exact) mass is 555 g/mol. The number of Topliss-reactive ketones (excluding diaryl/α,β-unsaturated/α-hetero) is 1. The smallest absolute Gasteiger partial charge is 0.408 e. The summed E-state index contributed by atoms with van der Waals surface area (Å²) in [5.41, 5.74) is -2.78. The molecular formula is C25H24F3NO10. The molecule has 0 spiro atoms. The Morgan fingerprint density at radius 1 is 1.13 bits per heavy atom. The number of halogens is 3. The zero-order chi connectivity index (χ0) is 28.9. The van der Waals surface area contributed by atoms with Gasteiger partial charge < -0.3 is 45.4 Å². The first-order valence-electron chi connectivity index (χ1n) is 11.5. The van der Waals surface area contributed by atoms with Gasteiger partial charge in [-0.15, -0.1) is 0 Å². The number of aliphatic hydroxyl groups excluding tert-OH is 2. The van der Waals surface area contributed by atoms with E-state index in [9.17, 15) is 53.4 Å². The van der Waals surface area contributed by atoms with Gasteiger partial charge in [0.2, 0.25) is 0 Å². The Balaban J connectivity index is 1.61. The van der Waals surface area contributed by atoms with Crippen LogP contribution in [0, 0.1) is 0 Å². The van der Waals surface area contributed by atoms with Crippen molar-refractivity contribution in [3.8, 4) is 23.0 Å². The first-order chi connectivity index (χ1) is 18.1. The van der Waals surface area contributed by atoms with Crippen LogP contribution in [-0.2, 0) is 15.1 Å². The van der Waals surface area contributed by atoms with Crippen molar-refractivity contribution in [3.63, 3.8) is 0 Å². The predicted molar refractivity (Wildman–Crippen MR) is 125 cm³/mol. The zero-order valence-electron chi connectivity index (χ0n) is 20.1. The summed E-state index contributed by atoms with van der Waals surface area (Å²) in [5, 5.41) is 63.6. The number of ketones is 1. The number of aromatic hydroxyl groups is 3. The number of amides is 1. The van der Waals surface area contributed by atoms with E-state index in [1.807, 2.05) is 0 Å². The minimum atomic E-state index is -4.78. The minimum absolute atomic E-state index is 0.0688. The lowest BCUT2D eigenvalue weighted by Crippen LogP contribution is -2.63. The fraction of sp³-hybridized carbons (Fsp3) is 0.360. The van der Waals surface area contributed by atoms with Gasteiger partial charge in [0.25, 0.3) is 5.91 Å². The second-order valence-corrected chi connectivity index (χ2v) is 9.26. The van der Waals surface area contributed by atoms with Gasteiger partial charge in [0, 0.05) is 17.2 Å². The number of ether oxygens (including phenoxy) is 2. The first-order valence-corrected chi connectivity index (χ1v) is 11.5. The topological polar surface area (TPSA) is 186 Å². The number of fused-ring (bicyclic) bond motifs is 1. The number of phenolic OH excluding ortho intramolecular Hbond substituents is 3. The highest BCUT2D eigenvalue weighted by atomic mass is 19.4. The second kappa shape index (κ2) is 10.0. The van der Waals surface area contributed by atoms with Crippen LogP contribution in [0.5, 0.6) is 23.0 Å². The van der Waals surface area contributed by atoms with Gasteiger partial charge in [-0.2, -0.15) is 13.2 Å². The number of phenols is 3. The van der Waals surface area contributed by atoms with Crippen LogP contribution in [0.3, 0.4) is 0 Å². The van der Waals surface area contributed by atoms with E-state index in [2.05, 4.69) is 0 Å². The van der Waals surface area contributed by atoms with E-state index in [0.29, 0.717) is 12.5 Å². The molecule has 0 radical (unpaired) electrons. The average molecular weight is 555 g/mol. The molecule has 11 nitrogen and oxygen atoms in total. The summed E-state index contributed by atoms with van der Waals surface area (Å²) < 4.78 is 49.0. The molecule has 0 bridgehead atoms. The molecule has 0 saturated carbocycles. The molecule has 2 aliphatic rings. The fourth-order valence-corrected chi connectivity index (χ4v) is 4.24. The van der Waals surface area contributed by atoms with Crippen LogP contribution in [0.15, 0.2) is 35.9 Å². The molecule has 210 valence electrons. The Labute approximate surface area is 218 Å². The number of hydrogen-bond acceptors (Lipinski definition) is 10. The molecule has 4 rings (SSSR count). The quantitative estimate of drug-likeness (QED) is 0.211. The number of alkyl halides is 3. The van der Waals surface area contributed by atoms with Crippen LogP contribution in [0.25, 0.3) is 6.08 Å². The number of aliphatic hydroxyl groups is 3. The maximum absolute atomic E-state index is 13.2. The summed E-state index contributed by atoms with van der Waals surface area (Å²) in [4.78, 5) is 25.4. The molecule has 7 N–H and O–H groups in total. The van der Waals surface area contributed by atoms with E-state index < -0.39 is 71.5 Å². The molecule has 1 saturated heterocycles. The van der Waals surface area contributed by atoms with E-state index in [4.69, 9.17) is 9.47 Å². The van der Waals surface area contributed by atoms with Crippen molar-refractivity contribution in [1.29, 1.82) is 0 Å². The second-order valence-electron chi connectivity index (χ2n) is 9.26. The van der Waals surface area contributed by atoms with Gasteiger partial charge in [-0.3, -0.25) is 9.59 Å². The molecule has 2 heterocycles. The van der Waals surface area contributed by atoms with Crippen molar-refractivity contribution >= 4 is 17.8 Å². The summed E-state index contributed by atoms with van der Waals surface area (Å²) in [6.45, 7) is -0.508. The van der Waals surface area contributed by atoms with Gasteiger partial charge in [-0.25, -0.2) is 0 Å². The maximum Gasteiger partial charge on any atom is 0.408 e. The molecule has 5 unspecified atom stereocenters. The van der Waals surface area contributed by atoms with Gasteiger partial charge in [-0.05, 0) is 36.8 Å². The molecule has 2 aliphatic heterocycles. The number of carbonyl (C=O) groups excluding carboxylic acids is 2. The van der Waals surface area contributed by atoms with Crippen molar-refractivity contribution in [1.82, 2.24) is 5.32 Å². The third kappa shape index (κ3) is 5.23. The molecule has 14 heteroatoms. The third-order valence-electron chi connectivity index (χ3n) is 6.54. The highest BCUT2D eigenvalue weighted by Crippen LogP contribution is 2.42. The highest BCUT2D eigenvalue weighted by molar-refractivity contribution is 6.14.